The third kappa shape index (κ3) is 5.95. The topological polar surface area (TPSA) is 76.8 Å². The third-order valence-electron chi connectivity index (χ3n) is 5.98. The second-order valence-corrected chi connectivity index (χ2v) is 9.18. The summed E-state index contributed by atoms with van der Waals surface area (Å²) in [6.07, 6.45) is 10.0. The van der Waals surface area contributed by atoms with Gasteiger partial charge in [-0.1, -0.05) is 29.6 Å². The zero-order chi connectivity index (χ0) is 23.9. The highest BCUT2D eigenvalue weighted by Crippen LogP contribution is 2.40. The van der Waals surface area contributed by atoms with Crippen LogP contribution in [0.25, 0.3) is 11.0 Å². The van der Waals surface area contributed by atoms with E-state index < -0.39 is 5.63 Å². The lowest BCUT2D eigenvalue weighted by atomic mass is 10.1. The summed E-state index contributed by atoms with van der Waals surface area (Å²) in [5.74, 6) is 0.907. The van der Waals surface area contributed by atoms with Crippen molar-refractivity contribution in [2.24, 2.45) is 0 Å². The van der Waals surface area contributed by atoms with Crippen molar-refractivity contribution in [2.75, 3.05) is 38.7 Å². The van der Waals surface area contributed by atoms with Crippen molar-refractivity contribution < 1.29 is 13.9 Å². The average molecular weight is 506 g/mol. The Morgan fingerprint density at radius 2 is 1.85 bits per heavy atom. The Balaban J connectivity index is 1.49. The zero-order valence-corrected chi connectivity index (χ0v) is 20.8. The number of likely N-dealkylation sites (tertiary alicyclic amines) is 1. The quantitative estimate of drug-likeness (QED) is 0.256. The molecule has 1 saturated heterocycles. The van der Waals surface area contributed by atoms with E-state index in [9.17, 15) is 4.79 Å². The smallest absolute Gasteiger partial charge is 0.338 e. The minimum Gasteiger partial charge on any atom is -0.493 e. The van der Waals surface area contributed by atoms with Gasteiger partial charge >= 0.3 is 5.63 Å². The van der Waals surface area contributed by atoms with E-state index in [0.717, 1.165) is 25.8 Å². The number of aromatic nitrogens is 1. The van der Waals surface area contributed by atoms with E-state index in [4.69, 9.17) is 37.1 Å². The number of halogens is 2. The molecule has 0 bridgehead atoms. The van der Waals surface area contributed by atoms with Gasteiger partial charge in [-0.2, -0.15) is 0 Å². The van der Waals surface area contributed by atoms with Crippen molar-refractivity contribution in [3.05, 3.63) is 51.1 Å². The molecule has 182 valence electrons. The van der Waals surface area contributed by atoms with Gasteiger partial charge in [0.2, 0.25) is 5.75 Å². The number of nitrogens with one attached hydrogen (secondary N) is 1. The molecular weight excluding hydrogens is 477 g/mol. The summed E-state index contributed by atoms with van der Waals surface area (Å²) >= 11 is 12.5. The van der Waals surface area contributed by atoms with Crippen LogP contribution in [0.5, 0.6) is 11.5 Å². The zero-order valence-electron chi connectivity index (χ0n) is 19.2. The number of nitrogens with zero attached hydrogens (tertiary/aromatic N) is 2. The monoisotopic (exact) mass is 505 g/mol. The maximum atomic E-state index is 12.4. The van der Waals surface area contributed by atoms with E-state index in [0.29, 0.717) is 50.5 Å². The van der Waals surface area contributed by atoms with Gasteiger partial charge in [0, 0.05) is 23.8 Å². The number of fused-ring (bicyclic) bond motifs is 1. The Kier molecular flexibility index (Phi) is 8.53. The molecule has 0 spiro atoms. The maximum absolute atomic E-state index is 12.4. The van der Waals surface area contributed by atoms with E-state index in [2.05, 4.69) is 15.2 Å². The molecule has 2 aromatic heterocycles. The summed E-state index contributed by atoms with van der Waals surface area (Å²) in [6, 6.07) is 4.94. The Morgan fingerprint density at radius 1 is 1.09 bits per heavy atom. The van der Waals surface area contributed by atoms with E-state index >= 15 is 0 Å². The normalized spacial score (nSPS) is 14.3. The number of hydrogen-bond acceptors (Lipinski definition) is 7. The molecule has 7 nitrogen and oxygen atoms in total. The van der Waals surface area contributed by atoms with Crippen LogP contribution in [0.15, 0.2) is 39.8 Å². The molecule has 1 aliphatic rings. The maximum Gasteiger partial charge on any atom is 0.338 e. The molecule has 0 saturated carbocycles. The molecule has 1 fully saturated rings. The number of methoxy groups -OCH3 is 1. The Hall–Kier alpha value is -2.48. The summed E-state index contributed by atoms with van der Waals surface area (Å²) in [4.78, 5) is 18.9. The Bertz CT molecular complexity index is 1160. The van der Waals surface area contributed by atoms with Crippen LogP contribution in [0.2, 0.25) is 10.0 Å². The molecule has 0 unspecified atom stereocenters. The molecule has 1 aromatic carbocycles. The highest BCUT2D eigenvalue weighted by atomic mass is 35.5. The molecule has 0 atom stereocenters. The molecule has 1 N–H and O–H groups in total. The van der Waals surface area contributed by atoms with Crippen molar-refractivity contribution in [1.82, 2.24) is 9.88 Å². The number of piperidine rings is 1. The average Bonchev–Trinajstić information content (AvgIpc) is 2.84. The van der Waals surface area contributed by atoms with Crippen LogP contribution in [0.4, 0.5) is 11.4 Å². The summed E-state index contributed by atoms with van der Waals surface area (Å²) in [5.41, 5.74) is 0.729. The lowest BCUT2D eigenvalue weighted by Crippen LogP contribution is -2.30. The van der Waals surface area contributed by atoms with Gasteiger partial charge in [0.25, 0.3) is 0 Å². The standard InChI is InChI=1S/C25H29Cl2N3O4/c1-32-21-9-8-17-20(29-23-18(26)15-28-16-19(23)27)14-22(31)34-24(17)25(21)33-13-7-3-6-12-30-10-4-2-5-11-30/h8-9,14-16H,2-7,10-13H2,1H3,(H,28,29). The fourth-order valence-electron chi connectivity index (χ4n) is 4.22. The van der Waals surface area contributed by atoms with Gasteiger partial charge in [0.1, 0.15) is 0 Å². The van der Waals surface area contributed by atoms with Gasteiger partial charge in [-0.3, -0.25) is 4.98 Å². The summed E-state index contributed by atoms with van der Waals surface area (Å²) in [5, 5.41) is 4.46. The fourth-order valence-corrected chi connectivity index (χ4v) is 4.68. The van der Waals surface area contributed by atoms with E-state index in [1.807, 2.05) is 0 Å². The molecule has 3 heterocycles. The Morgan fingerprint density at radius 3 is 2.59 bits per heavy atom. The van der Waals surface area contributed by atoms with Gasteiger partial charge in [-0.05, 0) is 63.9 Å². The lowest BCUT2D eigenvalue weighted by molar-refractivity contribution is 0.220. The van der Waals surface area contributed by atoms with Gasteiger partial charge in [-0.15, -0.1) is 0 Å². The number of rotatable bonds is 10. The molecule has 3 aromatic rings. The van der Waals surface area contributed by atoms with Crippen molar-refractivity contribution in [1.29, 1.82) is 0 Å². The number of hydrogen-bond donors (Lipinski definition) is 1. The van der Waals surface area contributed by atoms with Gasteiger partial charge < -0.3 is 24.1 Å². The number of ether oxygens (including phenoxy) is 2. The highest BCUT2D eigenvalue weighted by Gasteiger charge is 2.18. The molecule has 1 aliphatic heterocycles. The first kappa shape index (κ1) is 24.6. The molecule has 4 rings (SSSR count). The second-order valence-electron chi connectivity index (χ2n) is 8.37. The van der Waals surface area contributed by atoms with Crippen molar-refractivity contribution >= 4 is 45.5 Å². The van der Waals surface area contributed by atoms with Gasteiger partial charge in [-0.25, -0.2) is 4.79 Å². The van der Waals surface area contributed by atoms with Crippen LogP contribution in [0.3, 0.4) is 0 Å². The van der Waals surface area contributed by atoms with E-state index in [1.54, 1.807) is 19.2 Å². The molecule has 0 aliphatic carbocycles. The number of pyridine rings is 1. The third-order valence-corrected chi connectivity index (χ3v) is 6.55. The Labute approximate surface area is 209 Å². The van der Waals surface area contributed by atoms with E-state index in [1.165, 1.54) is 50.8 Å². The number of benzene rings is 1. The number of anilines is 2. The molecule has 0 radical (unpaired) electrons. The summed E-state index contributed by atoms with van der Waals surface area (Å²) < 4.78 is 17.1. The van der Waals surface area contributed by atoms with Crippen molar-refractivity contribution in [3.63, 3.8) is 0 Å². The minimum atomic E-state index is -0.532. The predicted molar refractivity (Wildman–Crippen MR) is 136 cm³/mol. The highest BCUT2D eigenvalue weighted by molar-refractivity contribution is 6.39. The minimum absolute atomic E-state index is 0.309. The van der Waals surface area contributed by atoms with Crippen LogP contribution in [-0.4, -0.2) is 43.2 Å². The largest absolute Gasteiger partial charge is 0.493 e. The summed E-state index contributed by atoms with van der Waals surface area (Å²) in [6.45, 7) is 4.07. The van der Waals surface area contributed by atoms with Gasteiger partial charge in [0.05, 0.1) is 35.1 Å². The van der Waals surface area contributed by atoms with Crippen LogP contribution in [-0.2, 0) is 0 Å². The fraction of sp³-hybridized carbons (Fsp3) is 0.440. The molecule has 34 heavy (non-hydrogen) atoms. The summed E-state index contributed by atoms with van der Waals surface area (Å²) in [7, 11) is 1.56. The first-order valence-corrected chi connectivity index (χ1v) is 12.4. The van der Waals surface area contributed by atoms with E-state index in [-0.39, 0.29) is 0 Å². The molecule has 0 amide bonds. The van der Waals surface area contributed by atoms with Gasteiger partial charge in [0.15, 0.2) is 11.3 Å². The van der Waals surface area contributed by atoms with Crippen molar-refractivity contribution in [3.8, 4) is 11.5 Å². The SMILES string of the molecule is COc1ccc2c(Nc3c(Cl)cncc3Cl)cc(=O)oc2c1OCCCCCN1CCCCC1. The first-order valence-electron chi connectivity index (χ1n) is 11.6. The van der Waals surface area contributed by atoms with Crippen LogP contribution < -0.4 is 20.4 Å². The molecular formula is C25H29Cl2N3O4. The van der Waals surface area contributed by atoms with Crippen molar-refractivity contribution in [2.45, 2.75) is 38.5 Å². The van der Waals surface area contributed by atoms with Crippen LogP contribution >= 0.6 is 23.2 Å². The second kappa shape index (κ2) is 11.8. The molecule has 9 heteroatoms. The van der Waals surface area contributed by atoms with Crippen LogP contribution in [0, 0.1) is 0 Å². The van der Waals surface area contributed by atoms with Crippen LogP contribution in [0.1, 0.15) is 38.5 Å². The predicted octanol–water partition coefficient (Wildman–Crippen LogP) is 6.28. The number of unbranched alkanes of at least 4 members (excludes halogenated alkanes) is 2. The first-order chi connectivity index (χ1) is 16.6. The lowest BCUT2D eigenvalue weighted by Gasteiger charge is -2.26.